The maximum Gasteiger partial charge on any atom is 0.225 e. The van der Waals surface area contributed by atoms with E-state index >= 15 is 0 Å². The second-order valence-corrected chi connectivity index (χ2v) is 7.28. The average molecular weight is 406 g/mol. The summed E-state index contributed by atoms with van der Waals surface area (Å²) >= 11 is 0. The summed E-state index contributed by atoms with van der Waals surface area (Å²) in [5.74, 6) is 2.49. The van der Waals surface area contributed by atoms with Crippen LogP contribution in [-0.4, -0.2) is 43.2 Å². The zero-order valence-corrected chi connectivity index (χ0v) is 17.4. The molecule has 3 aromatic rings. The minimum absolute atomic E-state index is 0.107. The molecule has 7 heteroatoms. The predicted octanol–water partition coefficient (Wildman–Crippen LogP) is 3.82. The molecule has 30 heavy (non-hydrogen) atoms. The summed E-state index contributed by atoms with van der Waals surface area (Å²) in [5, 5.41) is 2.99. The molecule has 0 unspecified atom stereocenters. The number of para-hydroxylation sites is 3. The van der Waals surface area contributed by atoms with Crippen molar-refractivity contribution in [1.82, 2.24) is 9.97 Å². The molecule has 0 aliphatic carbocycles. The third-order valence-electron chi connectivity index (χ3n) is 5.32. The van der Waals surface area contributed by atoms with Gasteiger partial charge in [0, 0.05) is 19.5 Å². The smallest absolute Gasteiger partial charge is 0.225 e. The van der Waals surface area contributed by atoms with Gasteiger partial charge in [0.2, 0.25) is 5.91 Å². The molecule has 1 aliphatic rings. The van der Waals surface area contributed by atoms with E-state index in [0.29, 0.717) is 30.2 Å². The summed E-state index contributed by atoms with van der Waals surface area (Å²) in [7, 11) is 3.21. The van der Waals surface area contributed by atoms with Gasteiger partial charge < -0.3 is 19.7 Å². The van der Waals surface area contributed by atoms with Crippen molar-refractivity contribution in [2.75, 3.05) is 37.5 Å². The molecule has 0 bridgehead atoms. The molecule has 1 amide bonds. The Morgan fingerprint density at radius 2 is 1.73 bits per heavy atom. The minimum Gasteiger partial charge on any atom is -0.493 e. The second-order valence-electron chi connectivity index (χ2n) is 7.28. The van der Waals surface area contributed by atoms with Gasteiger partial charge in [-0.3, -0.25) is 4.79 Å². The molecule has 0 atom stereocenters. The zero-order valence-electron chi connectivity index (χ0n) is 17.4. The number of hydrogen-bond donors (Lipinski definition) is 1. The normalized spacial score (nSPS) is 13.5. The van der Waals surface area contributed by atoms with Gasteiger partial charge in [-0.25, -0.2) is 9.97 Å². The SMILES string of the molecule is COc1cccc(CCC(=O)Nc2nc3ccccc3nc2N2CCCC2)c1OC. The number of carbonyl (C=O) groups is 1. The molecule has 156 valence electrons. The van der Waals surface area contributed by atoms with Crippen LogP contribution in [0.4, 0.5) is 11.6 Å². The van der Waals surface area contributed by atoms with Crippen molar-refractivity contribution in [3.63, 3.8) is 0 Å². The van der Waals surface area contributed by atoms with Crippen molar-refractivity contribution < 1.29 is 14.3 Å². The third kappa shape index (κ3) is 4.15. The maximum atomic E-state index is 12.8. The van der Waals surface area contributed by atoms with Gasteiger partial charge in [-0.1, -0.05) is 24.3 Å². The highest BCUT2D eigenvalue weighted by Crippen LogP contribution is 2.32. The van der Waals surface area contributed by atoms with E-state index in [1.165, 1.54) is 0 Å². The lowest BCUT2D eigenvalue weighted by atomic mass is 10.1. The standard InChI is InChI=1S/C23H26N4O3/c1-29-19-11-7-8-16(21(19)30-2)12-13-20(28)26-22-23(27-14-5-6-15-27)25-18-10-4-3-9-17(18)24-22/h3-4,7-11H,5-6,12-15H2,1-2H3,(H,24,26,28). The number of aromatic nitrogens is 2. The molecule has 1 aliphatic heterocycles. The number of nitrogens with zero attached hydrogens (tertiary/aromatic N) is 3. The van der Waals surface area contributed by atoms with E-state index in [9.17, 15) is 4.79 Å². The number of rotatable bonds is 7. The molecule has 1 fully saturated rings. The van der Waals surface area contributed by atoms with E-state index in [1.54, 1.807) is 14.2 Å². The van der Waals surface area contributed by atoms with Crippen molar-refractivity contribution in [3.05, 3.63) is 48.0 Å². The Bertz CT molecular complexity index is 1050. The molecule has 0 radical (unpaired) electrons. The first-order chi connectivity index (χ1) is 14.7. The molecule has 2 aromatic carbocycles. The van der Waals surface area contributed by atoms with Crippen molar-refractivity contribution >= 4 is 28.6 Å². The fourth-order valence-electron chi connectivity index (χ4n) is 3.82. The highest BCUT2D eigenvalue weighted by molar-refractivity contribution is 5.94. The summed E-state index contributed by atoms with van der Waals surface area (Å²) in [6.45, 7) is 1.85. The van der Waals surface area contributed by atoms with E-state index in [0.717, 1.165) is 48.3 Å². The molecular formula is C23H26N4O3. The molecule has 1 N–H and O–H groups in total. The third-order valence-corrected chi connectivity index (χ3v) is 5.32. The summed E-state index contributed by atoms with van der Waals surface area (Å²) in [6, 6.07) is 13.4. The number of amides is 1. The topological polar surface area (TPSA) is 76.6 Å². The number of methoxy groups -OCH3 is 2. The molecular weight excluding hydrogens is 380 g/mol. The molecule has 0 spiro atoms. The second kappa shape index (κ2) is 8.98. The largest absolute Gasteiger partial charge is 0.493 e. The van der Waals surface area contributed by atoms with Gasteiger partial charge in [-0.05, 0) is 43.0 Å². The first-order valence-electron chi connectivity index (χ1n) is 10.2. The van der Waals surface area contributed by atoms with Gasteiger partial charge in [0.05, 0.1) is 25.3 Å². The van der Waals surface area contributed by atoms with Crippen LogP contribution < -0.4 is 19.7 Å². The van der Waals surface area contributed by atoms with Crippen LogP contribution in [0.15, 0.2) is 42.5 Å². The number of carbonyl (C=O) groups excluding carboxylic acids is 1. The van der Waals surface area contributed by atoms with E-state index in [4.69, 9.17) is 19.4 Å². The first kappa shape index (κ1) is 19.9. The van der Waals surface area contributed by atoms with Gasteiger partial charge in [-0.15, -0.1) is 0 Å². The lowest BCUT2D eigenvalue weighted by molar-refractivity contribution is -0.116. The van der Waals surface area contributed by atoms with Gasteiger partial charge in [0.25, 0.3) is 0 Å². The number of hydrogen-bond acceptors (Lipinski definition) is 6. The fraction of sp³-hybridized carbons (Fsp3) is 0.348. The number of aryl methyl sites for hydroxylation is 1. The van der Waals surface area contributed by atoms with Crippen LogP contribution in [0, 0.1) is 0 Å². The fourth-order valence-corrected chi connectivity index (χ4v) is 3.82. The Morgan fingerprint density at radius 3 is 2.43 bits per heavy atom. The Hall–Kier alpha value is -3.35. The van der Waals surface area contributed by atoms with Crippen molar-refractivity contribution in [3.8, 4) is 11.5 Å². The van der Waals surface area contributed by atoms with Crippen LogP contribution in [-0.2, 0) is 11.2 Å². The van der Waals surface area contributed by atoms with Crippen LogP contribution in [0.1, 0.15) is 24.8 Å². The van der Waals surface area contributed by atoms with Gasteiger partial charge in [-0.2, -0.15) is 0 Å². The van der Waals surface area contributed by atoms with Crippen LogP contribution >= 0.6 is 0 Å². The quantitative estimate of drug-likeness (QED) is 0.643. The molecule has 1 saturated heterocycles. The molecule has 1 aromatic heterocycles. The Kier molecular flexibility index (Phi) is 5.97. The van der Waals surface area contributed by atoms with E-state index < -0.39 is 0 Å². The summed E-state index contributed by atoms with van der Waals surface area (Å²) in [5.41, 5.74) is 2.53. The summed E-state index contributed by atoms with van der Waals surface area (Å²) in [6.07, 6.45) is 3.08. The monoisotopic (exact) mass is 406 g/mol. The Balaban J connectivity index is 1.54. The number of fused-ring (bicyclic) bond motifs is 1. The lowest BCUT2D eigenvalue weighted by Gasteiger charge is -2.20. The van der Waals surface area contributed by atoms with E-state index in [-0.39, 0.29) is 5.91 Å². The van der Waals surface area contributed by atoms with Crippen LogP contribution in [0.2, 0.25) is 0 Å². The summed E-state index contributed by atoms with van der Waals surface area (Å²) in [4.78, 5) is 24.5. The van der Waals surface area contributed by atoms with Gasteiger partial charge in [0.1, 0.15) is 0 Å². The van der Waals surface area contributed by atoms with Crippen LogP contribution in [0.5, 0.6) is 11.5 Å². The highest BCUT2D eigenvalue weighted by Gasteiger charge is 2.21. The van der Waals surface area contributed by atoms with Crippen molar-refractivity contribution in [2.45, 2.75) is 25.7 Å². The van der Waals surface area contributed by atoms with Gasteiger partial charge in [0.15, 0.2) is 23.1 Å². The summed E-state index contributed by atoms with van der Waals surface area (Å²) < 4.78 is 10.8. The maximum absolute atomic E-state index is 12.8. The van der Waals surface area contributed by atoms with Gasteiger partial charge >= 0.3 is 0 Å². The molecule has 7 nitrogen and oxygen atoms in total. The number of benzene rings is 2. The Morgan fingerprint density at radius 1 is 1.00 bits per heavy atom. The van der Waals surface area contributed by atoms with E-state index in [2.05, 4.69) is 10.2 Å². The molecule has 4 rings (SSSR count). The van der Waals surface area contributed by atoms with E-state index in [1.807, 2.05) is 42.5 Å². The van der Waals surface area contributed by atoms with Crippen molar-refractivity contribution in [2.24, 2.45) is 0 Å². The zero-order chi connectivity index (χ0) is 20.9. The number of anilines is 2. The number of nitrogens with one attached hydrogen (secondary N) is 1. The number of ether oxygens (including phenoxy) is 2. The molecule has 2 heterocycles. The lowest BCUT2D eigenvalue weighted by Crippen LogP contribution is -2.23. The predicted molar refractivity (Wildman–Crippen MR) is 117 cm³/mol. The minimum atomic E-state index is -0.107. The molecule has 0 saturated carbocycles. The van der Waals surface area contributed by atoms with Crippen LogP contribution in [0.25, 0.3) is 11.0 Å². The first-order valence-corrected chi connectivity index (χ1v) is 10.2. The van der Waals surface area contributed by atoms with Crippen LogP contribution in [0.3, 0.4) is 0 Å². The highest BCUT2D eigenvalue weighted by atomic mass is 16.5. The Labute approximate surface area is 176 Å². The van der Waals surface area contributed by atoms with Crippen molar-refractivity contribution in [1.29, 1.82) is 0 Å². The average Bonchev–Trinajstić information content (AvgIpc) is 3.31.